The number of nitrogens with zero attached hydrogens (tertiary/aromatic N) is 1. The molecule has 2 rings (SSSR count). The lowest BCUT2D eigenvalue weighted by Gasteiger charge is -2.12. The van der Waals surface area contributed by atoms with Crippen molar-refractivity contribution in [1.82, 2.24) is 4.98 Å². The van der Waals surface area contributed by atoms with Crippen LogP contribution >= 0.6 is 11.6 Å². The van der Waals surface area contributed by atoms with E-state index in [1.54, 1.807) is 12.1 Å². The minimum absolute atomic E-state index is 0.306. The van der Waals surface area contributed by atoms with Gasteiger partial charge < -0.3 is 10.1 Å². The van der Waals surface area contributed by atoms with E-state index >= 15 is 0 Å². The van der Waals surface area contributed by atoms with E-state index < -0.39 is 0 Å². The van der Waals surface area contributed by atoms with Gasteiger partial charge >= 0.3 is 0 Å². The number of ether oxygens (including phenoxy) is 1. The highest BCUT2D eigenvalue weighted by Gasteiger charge is 2.13. The van der Waals surface area contributed by atoms with Crippen LogP contribution in [0.3, 0.4) is 0 Å². The first-order valence-electron chi connectivity index (χ1n) is 6.77. The number of aryl methyl sites for hydroxylation is 1. The fraction of sp³-hybridized carbons (Fsp3) is 0.250. The van der Waals surface area contributed by atoms with Gasteiger partial charge in [0, 0.05) is 11.9 Å². The molecule has 110 valence electrons. The zero-order valence-corrected chi connectivity index (χ0v) is 12.8. The molecule has 1 aromatic heterocycles. The first kappa shape index (κ1) is 15.3. The molecule has 0 bridgehead atoms. The third-order valence-corrected chi connectivity index (χ3v) is 3.14. The maximum absolute atomic E-state index is 12.3. The summed E-state index contributed by atoms with van der Waals surface area (Å²) in [6.07, 6.45) is 2.37. The number of pyridine rings is 1. The molecule has 5 heteroatoms. The number of benzene rings is 1. The van der Waals surface area contributed by atoms with E-state index in [0.717, 1.165) is 12.1 Å². The second kappa shape index (κ2) is 7.09. The third kappa shape index (κ3) is 3.95. The number of carbonyl (C=O) groups excluding carboxylic acids is 1. The Bertz CT molecular complexity index is 644. The van der Waals surface area contributed by atoms with Crippen LogP contribution < -0.4 is 10.1 Å². The Kier molecular flexibility index (Phi) is 5.17. The van der Waals surface area contributed by atoms with Crippen LogP contribution in [0.5, 0.6) is 5.75 Å². The third-order valence-electron chi connectivity index (χ3n) is 2.83. The van der Waals surface area contributed by atoms with Gasteiger partial charge in [0.25, 0.3) is 5.91 Å². The Balaban J connectivity index is 2.19. The van der Waals surface area contributed by atoms with E-state index in [1.165, 1.54) is 6.20 Å². The summed E-state index contributed by atoms with van der Waals surface area (Å²) in [6, 6.07) is 8.97. The van der Waals surface area contributed by atoms with Gasteiger partial charge in [-0.05, 0) is 31.5 Å². The molecule has 0 aliphatic carbocycles. The van der Waals surface area contributed by atoms with Crippen LogP contribution in [0.15, 0.2) is 36.5 Å². The molecule has 0 radical (unpaired) electrons. The predicted molar refractivity (Wildman–Crippen MR) is 84.2 cm³/mol. The number of hydrogen-bond acceptors (Lipinski definition) is 3. The molecule has 0 saturated heterocycles. The van der Waals surface area contributed by atoms with Crippen molar-refractivity contribution >= 4 is 23.2 Å². The molecule has 1 aromatic carbocycles. The summed E-state index contributed by atoms with van der Waals surface area (Å²) in [5, 5.41) is 3.19. The van der Waals surface area contributed by atoms with Gasteiger partial charge in [0.05, 0.1) is 22.9 Å². The SMILES string of the molecule is CCCOc1ccccc1NC(=O)c1cnc(C)cc1Cl. The number of hydrogen-bond donors (Lipinski definition) is 1. The van der Waals surface area contributed by atoms with Crippen LogP contribution in [0.1, 0.15) is 29.4 Å². The molecule has 0 atom stereocenters. The van der Waals surface area contributed by atoms with E-state index in [9.17, 15) is 4.79 Å². The lowest BCUT2D eigenvalue weighted by atomic mass is 10.2. The fourth-order valence-electron chi connectivity index (χ4n) is 1.79. The molecule has 0 aliphatic heterocycles. The van der Waals surface area contributed by atoms with Gasteiger partial charge in [0.15, 0.2) is 0 Å². The van der Waals surface area contributed by atoms with Crippen molar-refractivity contribution in [3.63, 3.8) is 0 Å². The number of carbonyl (C=O) groups is 1. The van der Waals surface area contributed by atoms with Crippen molar-refractivity contribution in [2.45, 2.75) is 20.3 Å². The summed E-state index contributed by atoms with van der Waals surface area (Å²) in [5.74, 6) is 0.337. The van der Waals surface area contributed by atoms with Crippen LogP contribution in [0, 0.1) is 6.92 Å². The molecule has 4 nitrogen and oxygen atoms in total. The summed E-state index contributed by atoms with van der Waals surface area (Å²) in [4.78, 5) is 16.4. The second-order valence-electron chi connectivity index (χ2n) is 4.60. The van der Waals surface area contributed by atoms with Crippen molar-refractivity contribution < 1.29 is 9.53 Å². The average Bonchev–Trinajstić information content (AvgIpc) is 2.46. The zero-order chi connectivity index (χ0) is 15.2. The molecule has 2 aromatic rings. The number of rotatable bonds is 5. The molecule has 0 fully saturated rings. The van der Waals surface area contributed by atoms with Crippen LogP contribution in [-0.4, -0.2) is 17.5 Å². The minimum atomic E-state index is -0.306. The van der Waals surface area contributed by atoms with E-state index in [4.69, 9.17) is 16.3 Å². The number of para-hydroxylation sites is 2. The van der Waals surface area contributed by atoms with Gasteiger partial charge in [0.2, 0.25) is 0 Å². The number of anilines is 1. The molecule has 1 N–H and O–H groups in total. The van der Waals surface area contributed by atoms with Gasteiger partial charge in [-0.3, -0.25) is 9.78 Å². The number of aromatic nitrogens is 1. The largest absolute Gasteiger partial charge is 0.491 e. The van der Waals surface area contributed by atoms with Crippen molar-refractivity contribution in [3.05, 3.63) is 52.8 Å². The molecule has 21 heavy (non-hydrogen) atoms. The van der Waals surface area contributed by atoms with Gasteiger partial charge in [-0.25, -0.2) is 0 Å². The van der Waals surface area contributed by atoms with Gasteiger partial charge in [-0.1, -0.05) is 30.7 Å². The highest BCUT2D eigenvalue weighted by molar-refractivity contribution is 6.34. The monoisotopic (exact) mass is 304 g/mol. The predicted octanol–water partition coefficient (Wildman–Crippen LogP) is 4.08. The van der Waals surface area contributed by atoms with Crippen molar-refractivity contribution in [3.8, 4) is 5.75 Å². The average molecular weight is 305 g/mol. The standard InChI is InChI=1S/C16H17ClN2O2/c1-3-8-21-15-7-5-4-6-14(15)19-16(20)12-10-18-11(2)9-13(12)17/h4-7,9-10H,3,8H2,1-2H3,(H,19,20). The highest BCUT2D eigenvalue weighted by Crippen LogP contribution is 2.25. The maximum Gasteiger partial charge on any atom is 0.258 e. The molecule has 0 saturated carbocycles. The van der Waals surface area contributed by atoms with Crippen LogP contribution in [-0.2, 0) is 0 Å². The normalized spacial score (nSPS) is 10.2. The second-order valence-corrected chi connectivity index (χ2v) is 5.01. The molecule has 0 aliphatic rings. The topological polar surface area (TPSA) is 51.2 Å². The summed E-state index contributed by atoms with van der Waals surface area (Å²) < 4.78 is 5.61. The smallest absolute Gasteiger partial charge is 0.258 e. The van der Waals surface area contributed by atoms with E-state index in [2.05, 4.69) is 10.3 Å². The van der Waals surface area contributed by atoms with Gasteiger partial charge in [0.1, 0.15) is 5.75 Å². The molecule has 0 unspecified atom stereocenters. The summed E-state index contributed by atoms with van der Waals surface area (Å²) in [7, 11) is 0. The van der Waals surface area contributed by atoms with Gasteiger partial charge in [-0.15, -0.1) is 0 Å². The quantitative estimate of drug-likeness (QED) is 0.905. The van der Waals surface area contributed by atoms with E-state index in [-0.39, 0.29) is 5.91 Å². The Morgan fingerprint density at radius 1 is 1.38 bits per heavy atom. The highest BCUT2D eigenvalue weighted by atomic mass is 35.5. The fourth-order valence-corrected chi connectivity index (χ4v) is 2.08. The van der Waals surface area contributed by atoms with E-state index in [1.807, 2.05) is 32.0 Å². The van der Waals surface area contributed by atoms with Crippen molar-refractivity contribution in [2.24, 2.45) is 0 Å². The van der Waals surface area contributed by atoms with Crippen LogP contribution in [0.2, 0.25) is 5.02 Å². The van der Waals surface area contributed by atoms with Gasteiger partial charge in [-0.2, -0.15) is 0 Å². The minimum Gasteiger partial charge on any atom is -0.491 e. The lowest BCUT2D eigenvalue weighted by molar-refractivity contribution is 0.102. The Labute approximate surface area is 129 Å². The lowest BCUT2D eigenvalue weighted by Crippen LogP contribution is -2.14. The molecule has 1 heterocycles. The zero-order valence-electron chi connectivity index (χ0n) is 12.0. The molecule has 0 spiro atoms. The summed E-state index contributed by atoms with van der Waals surface area (Å²) >= 11 is 6.08. The van der Waals surface area contributed by atoms with Crippen molar-refractivity contribution in [2.75, 3.05) is 11.9 Å². The number of halogens is 1. The van der Waals surface area contributed by atoms with Crippen LogP contribution in [0.4, 0.5) is 5.69 Å². The van der Waals surface area contributed by atoms with Crippen LogP contribution in [0.25, 0.3) is 0 Å². The van der Waals surface area contributed by atoms with Crippen molar-refractivity contribution in [1.29, 1.82) is 0 Å². The summed E-state index contributed by atoms with van der Waals surface area (Å²) in [6.45, 7) is 4.44. The molecular formula is C16H17ClN2O2. The first-order valence-corrected chi connectivity index (χ1v) is 7.15. The maximum atomic E-state index is 12.3. The Morgan fingerprint density at radius 3 is 2.86 bits per heavy atom. The molecule has 1 amide bonds. The summed E-state index contributed by atoms with van der Waals surface area (Å²) in [5.41, 5.74) is 1.73. The molecular weight excluding hydrogens is 288 g/mol. The Morgan fingerprint density at radius 2 is 2.14 bits per heavy atom. The Hall–Kier alpha value is -2.07. The number of nitrogens with one attached hydrogen (secondary N) is 1. The number of amides is 1. The first-order chi connectivity index (χ1) is 10.1. The van der Waals surface area contributed by atoms with E-state index in [0.29, 0.717) is 28.6 Å².